The van der Waals surface area contributed by atoms with Crippen molar-refractivity contribution in [3.8, 4) is 23.1 Å². The molecule has 0 spiro atoms. The third kappa shape index (κ3) is 5.14. The van der Waals surface area contributed by atoms with E-state index in [1.54, 1.807) is 48.5 Å². The number of rotatable bonds is 7. The van der Waals surface area contributed by atoms with Crippen LogP contribution in [0.4, 0.5) is 14.7 Å². The lowest BCUT2D eigenvalue weighted by Gasteiger charge is -2.10. The number of nitrogens with one attached hydrogen (secondary N) is 2. The zero-order valence-electron chi connectivity index (χ0n) is 17.6. The number of H-pyrrole nitrogens is 1. The summed E-state index contributed by atoms with van der Waals surface area (Å²) in [5.74, 6) is -0.796. The van der Waals surface area contributed by atoms with E-state index in [4.69, 9.17) is 4.74 Å². The molecule has 0 fully saturated rings. The summed E-state index contributed by atoms with van der Waals surface area (Å²) in [7, 11) is 0. The topological polar surface area (TPSA) is 103 Å². The minimum atomic E-state index is -0.621. The summed E-state index contributed by atoms with van der Waals surface area (Å²) in [4.78, 5) is 19.1. The summed E-state index contributed by atoms with van der Waals surface area (Å²) in [6.45, 7) is -0.102. The van der Waals surface area contributed by atoms with E-state index in [-0.39, 0.29) is 29.6 Å². The Morgan fingerprint density at radius 3 is 2.62 bits per heavy atom. The van der Waals surface area contributed by atoms with Crippen molar-refractivity contribution in [3.05, 3.63) is 111 Å². The summed E-state index contributed by atoms with van der Waals surface area (Å²) in [6.07, 6.45) is 1.34. The van der Waals surface area contributed by atoms with Crippen LogP contribution in [0.15, 0.2) is 82.7 Å². The van der Waals surface area contributed by atoms with Gasteiger partial charge in [0, 0.05) is 22.8 Å². The number of aromatic amines is 1. The van der Waals surface area contributed by atoms with Crippen molar-refractivity contribution in [3.63, 3.8) is 0 Å². The number of nitrogens with zero attached hydrogens (tertiary/aromatic N) is 3. The Hall–Kier alpha value is -4.84. The third-order valence-corrected chi connectivity index (χ3v) is 4.77. The number of halogens is 2. The summed E-state index contributed by atoms with van der Waals surface area (Å²) >= 11 is 0. The van der Waals surface area contributed by atoms with E-state index < -0.39 is 17.2 Å². The van der Waals surface area contributed by atoms with Gasteiger partial charge in [0.15, 0.2) is 0 Å². The second-order valence-electron chi connectivity index (χ2n) is 7.05. The number of anilines is 1. The Kier molecular flexibility index (Phi) is 6.70. The first-order valence-corrected chi connectivity index (χ1v) is 10.1. The molecular weight excluding hydrogens is 440 g/mol. The normalized spacial score (nSPS) is 10.7. The molecule has 0 atom stereocenters. The van der Waals surface area contributed by atoms with Gasteiger partial charge in [-0.3, -0.25) is 9.78 Å². The van der Waals surface area contributed by atoms with Crippen LogP contribution >= 0.6 is 0 Å². The zero-order valence-corrected chi connectivity index (χ0v) is 17.6. The van der Waals surface area contributed by atoms with Crippen LogP contribution in [0.3, 0.4) is 0 Å². The Bertz CT molecular complexity index is 1450. The smallest absolute Gasteiger partial charge is 0.270 e. The fourth-order valence-electron chi connectivity index (χ4n) is 3.11. The number of hydrogen-bond donors (Lipinski definition) is 2. The van der Waals surface area contributed by atoms with Gasteiger partial charge in [0.2, 0.25) is 5.95 Å². The number of hydrogen-bond acceptors (Lipinski definition) is 6. The molecule has 9 heteroatoms. The largest absolute Gasteiger partial charge is 0.488 e. The minimum Gasteiger partial charge on any atom is -0.488 e. The van der Waals surface area contributed by atoms with E-state index in [9.17, 15) is 18.8 Å². The van der Waals surface area contributed by atoms with Crippen molar-refractivity contribution in [1.82, 2.24) is 9.97 Å². The molecule has 3 aromatic carbocycles. The number of benzene rings is 3. The van der Waals surface area contributed by atoms with E-state index in [0.717, 1.165) is 6.07 Å². The molecule has 0 aliphatic carbocycles. The fourth-order valence-corrected chi connectivity index (χ4v) is 3.11. The first-order chi connectivity index (χ1) is 16.5. The molecule has 7 nitrogen and oxygen atoms in total. The molecule has 0 saturated carbocycles. The highest BCUT2D eigenvalue weighted by Gasteiger charge is 2.13. The molecular formula is C25H17F2N5O2. The average Bonchev–Trinajstić information content (AvgIpc) is 2.85. The van der Waals surface area contributed by atoms with E-state index in [1.807, 2.05) is 6.07 Å². The number of nitriles is 1. The predicted molar refractivity (Wildman–Crippen MR) is 123 cm³/mol. The van der Waals surface area contributed by atoms with Crippen LogP contribution in [0.5, 0.6) is 5.75 Å². The third-order valence-electron chi connectivity index (χ3n) is 4.77. The standard InChI is InChI=1S/C25H17F2N5O2/c26-19-11-10-17(22(12-19)34-15-18-8-4-5-9-21(18)27)14-29-32-25-30-23(16-6-2-1-3-7-16)20(13-28)24(33)31-25/h1-12,14H,15H2,(H2,30,31,32,33). The van der Waals surface area contributed by atoms with Crippen molar-refractivity contribution < 1.29 is 13.5 Å². The van der Waals surface area contributed by atoms with Crippen molar-refractivity contribution >= 4 is 12.2 Å². The van der Waals surface area contributed by atoms with Crippen molar-refractivity contribution in [2.75, 3.05) is 5.43 Å². The maximum absolute atomic E-state index is 13.9. The lowest BCUT2D eigenvalue weighted by Crippen LogP contribution is -2.16. The lowest BCUT2D eigenvalue weighted by molar-refractivity contribution is 0.298. The van der Waals surface area contributed by atoms with Crippen LogP contribution in [0.25, 0.3) is 11.3 Å². The molecule has 0 bridgehead atoms. The van der Waals surface area contributed by atoms with Crippen LogP contribution in [0, 0.1) is 23.0 Å². The highest BCUT2D eigenvalue weighted by Crippen LogP contribution is 2.21. The summed E-state index contributed by atoms with van der Waals surface area (Å²) in [5, 5.41) is 13.4. The zero-order chi connectivity index (χ0) is 23.9. The average molecular weight is 457 g/mol. The Morgan fingerprint density at radius 1 is 1.09 bits per heavy atom. The Labute approximate surface area is 193 Å². The molecule has 168 valence electrons. The quantitative estimate of drug-likeness (QED) is 0.312. The van der Waals surface area contributed by atoms with Gasteiger partial charge in [-0.2, -0.15) is 10.4 Å². The molecule has 0 unspecified atom stereocenters. The highest BCUT2D eigenvalue weighted by molar-refractivity contribution is 5.84. The van der Waals surface area contributed by atoms with Crippen molar-refractivity contribution in [2.45, 2.75) is 6.61 Å². The lowest BCUT2D eigenvalue weighted by atomic mass is 10.1. The first-order valence-electron chi connectivity index (χ1n) is 10.1. The van der Waals surface area contributed by atoms with Gasteiger partial charge in [0.25, 0.3) is 5.56 Å². The number of ether oxygens (including phenoxy) is 1. The summed E-state index contributed by atoms with van der Waals surface area (Å²) in [5.41, 5.74) is 3.39. The molecule has 0 radical (unpaired) electrons. The second-order valence-corrected chi connectivity index (χ2v) is 7.05. The molecule has 4 rings (SSSR count). The molecule has 0 saturated heterocycles. The highest BCUT2D eigenvalue weighted by atomic mass is 19.1. The predicted octanol–water partition coefficient (Wildman–Crippen LogP) is 4.61. The van der Waals surface area contributed by atoms with Gasteiger partial charge < -0.3 is 4.74 Å². The molecule has 1 heterocycles. The SMILES string of the molecule is N#Cc1c(-c2ccccc2)nc(NN=Cc2ccc(F)cc2OCc2ccccc2F)[nH]c1=O. The fraction of sp³-hybridized carbons (Fsp3) is 0.0400. The second kappa shape index (κ2) is 10.2. The van der Waals surface area contributed by atoms with Gasteiger partial charge in [-0.1, -0.05) is 48.5 Å². The van der Waals surface area contributed by atoms with Crippen LogP contribution in [0.1, 0.15) is 16.7 Å². The van der Waals surface area contributed by atoms with Crippen LogP contribution < -0.4 is 15.7 Å². The van der Waals surface area contributed by atoms with Crippen molar-refractivity contribution in [2.24, 2.45) is 5.10 Å². The summed E-state index contributed by atoms with van der Waals surface area (Å²) < 4.78 is 33.2. The molecule has 1 aromatic heterocycles. The number of hydrazone groups is 1. The molecule has 34 heavy (non-hydrogen) atoms. The van der Waals surface area contributed by atoms with Gasteiger partial charge in [-0.25, -0.2) is 19.2 Å². The van der Waals surface area contributed by atoms with Crippen LogP contribution in [-0.2, 0) is 6.61 Å². The molecule has 0 aliphatic heterocycles. The molecule has 4 aromatic rings. The monoisotopic (exact) mass is 457 g/mol. The van der Waals surface area contributed by atoms with Crippen molar-refractivity contribution in [1.29, 1.82) is 5.26 Å². The van der Waals surface area contributed by atoms with Gasteiger partial charge >= 0.3 is 0 Å². The van der Waals surface area contributed by atoms with E-state index in [0.29, 0.717) is 16.7 Å². The molecule has 0 amide bonds. The van der Waals surface area contributed by atoms with Gasteiger partial charge in [0.1, 0.15) is 35.6 Å². The van der Waals surface area contributed by atoms with Crippen LogP contribution in [-0.4, -0.2) is 16.2 Å². The minimum absolute atomic E-state index is 0.00930. The van der Waals surface area contributed by atoms with E-state index in [2.05, 4.69) is 20.5 Å². The van der Waals surface area contributed by atoms with E-state index >= 15 is 0 Å². The van der Waals surface area contributed by atoms with E-state index in [1.165, 1.54) is 24.4 Å². The van der Waals surface area contributed by atoms with Gasteiger partial charge in [-0.05, 0) is 18.2 Å². The van der Waals surface area contributed by atoms with Gasteiger partial charge in [-0.15, -0.1) is 0 Å². The Morgan fingerprint density at radius 2 is 1.85 bits per heavy atom. The molecule has 0 aliphatic rings. The maximum atomic E-state index is 13.9. The Balaban J connectivity index is 1.56. The number of aromatic nitrogens is 2. The first kappa shape index (κ1) is 22.4. The summed E-state index contributed by atoms with van der Waals surface area (Å²) in [6, 6.07) is 20.6. The maximum Gasteiger partial charge on any atom is 0.270 e. The van der Waals surface area contributed by atoms with Crippen LogP contribution in [0.2, 0.25) is 0 Å². The van der Waals surface area contributed by atoms with Gasteiger partial charge in [0.05, 0.1) is 11.9 Å². The molecule has 2 N–H and O–H groups in total.